The third kappa shape index (κ3) is 4.75. The van der Waals surface area contributed by atoms with Gasteiger partial charge in [0.25, 0.3) is 5.56 Å². The fourth-order valence-corrected chi connectivity index (χ4v) is 3.48. The van der Waals surface area contributed by atoms with E-state index in [1.165, 1.54) is 17.0 Å². The number of amides is 1. The van der Waals surface area contributed by atoms with Crippen molar-refractivity contribution < 1.29 is 14.3 Å². The Bertz CT molecular complexity index is 1130. The first-order valence-corrected chi connectivity index (χ1v) is 10.3. The Morgan fingerprint density at radius 3 is 2.78 bits per heavy atom. The zero-order chi connectivity index (χ0) is 22.5. The van der Waals surface area contributed by atoms with Crippen molar-refractivity contribution in [3.05, 3.63) is 64.8 Å². The largest absolute Gasteiger partial charge is 0.450 e. The van der Waals surface area contributed by atoms with E-state index in [0.29, 0.717) is 49.3 Å². The second kappa shape index (κ2) is 9.56. The minimum Gasteiger partial charge on any atom is -0.450 e. The van der Waals surface area contributed by atoms with E-state index in [1.54, 1.807) is 38.4 Å². The minimum atomic E-state index is -0.490. The van der Waals surface area contributed by atoms with Crippen LogP contribution in [0.3, 0.4) is 0 Å². The highest BCUT2D eigenvalue weighted by atomic mass is 16.5. The molecule has 1 amide bonds. The van der Waals surface area contributed by atoms with Crippen LogP contribution in [0.25, 0.3) is 11.4 Å². The Morgan fingerprint density at radius 2 is 2.06 bits per heavy atom. The maximum Gasteiger partial charge on any atom is 0.411 e. The van der Waals surface area contributed by atoms with Gasteiger partial charge in [0.05, 0.1) is 31.1 Å². The summed E-state index contributed by atoms with van der Waals surface area (Å²) >= 11 is 0. The average Bonchev–Trinajstić information content (AvgIpc) is 2.82. The molecule has 1 fully saturated rings. The second-order valence-corrected chi connectivity index (χ2v) is 7.21. The maximum absolute atomic E-state index is 12.6. The van der Waals surface area contributed by atoms with E-state index < -0.39 is 6.09 Å². The number of carbonyl (C=O) groups excluding carboxylic acids is 1. The van der Waals surface area contributed by atoms with Gasteiger partial charge in [-0.15, -0.1) is 0 Å². The highest BCUT2D eigenvalue weighted by Crippen LogP contribution is 2.26. The molecule has 0 aliphatic carbocycles. The highest BCUT2D eigenvalue weighted by molar-refractivity contribution is 5.84. The van der Waals surface area contributed by atoms with Crippen LogP contribution in [0.4, 0.5) is 16.4 Å². The van der Waals surface area contributed by atoms with E-state index in [2.05, 4.69) is 15.3 Å². The number of ether oxygens (including phenoxy) is 2. The van der Waals surface area contributed by atoms with Gasteiger partial charge in [-0.2, -0.15) is 0 Å². The van der Waals surface area contributed by atoms with Crippen LogP contribution in [0.5, 0.6) is 0 Å². The summed E-state index contributed by atoms with van der Waals surface area (Å²) in [5.41, 5.74) is 2.53. The molecule has 0 bridgehead atoms. The lowest BCUT2D eigenvalue weighted by molar-refractivity contribution is 0.0390. The van der Waals surface area contributed by atoms with Gasteiger partial charge in [-0.3, -0.25) is 14.7 Å². The van der Waals surface area contributed by atoms with Crippen molar-refractivity contribution in [2.24, 2.45) is 7.05 Å². The number of aromatic nitrogens is 4. The first kappa shape index (κ1) is 21.4. The molecule has 0 saturated carbocycles. The van der Waals surface area contributed by atoms with E-state index in [-0.39, 0.29) is 11.7 Å². The zero-order valence-electron chi connectivity index (χ0n) is 17.9. The molecule has 1 atom stereocenters. The van der Waals surface area contributed by atoms with Crippen LogP contribution < -0.4 is 15.8 Å². The van der Waals surface area contributed by atoms with Crippen molar-refractivity contribution in [1.29, 1.82) is 0 Å². The zero-order valence-corrected chi connectivity index (χ0v) is 17.9. The van der Waals surface area contributed by atoms with Crippen molar-refractivity contribution >= 4 is 17.7 Å². The van der Waals surface area contributed by atoms with Gasteiger partial charge in [-0.1, -0.05) is 12.1 Å². The fourth-order valence-electron chi connectivity index (χ4n) is 3.48. The highest BCUT2D eigenvalue weighted by Gasteiger charge is 2.25. The first-order chi connectivity index (χ1) is 15.5. The van der Waals surface area contributed by atoms with Crippen molar-refractivity contribution in [3.63, 3.8) is 0 Å². The summed E-state index contributed by atoms with van der Waals surface area (Å²) in [7, 11) is 1.70. The summed E-state index contributed by atoms with van der Waals surface area (Å²) in [5, 5.41) is 2.67. The summed E-state index contributed by atoms with van der Waals surface area (Å²) in [6.07, 6.45) is 2.35. The average molecular weight is 436 g/mol. The summed E-state index contributed by atoms with van der Waals surface area (Å²) in [5.74, 6) is 0.556. The third-order valence-corrected chi connectivity index (χ3v) is 5.11. The van der Waals surface area contributed by atoms with Gasteiger partial charge >= 0.3 is 6.09 Å². The molecule has 10 heteroatoms. The number of morpholine rings is 1. The molecular weight excluding hydrogens is 412 g/mol. The second-order valence-electron chi connectivity index (χ2n) is 7.21. The number of benzene rings is 1. The number of rotatable bonds is 5. The molecule has 1 saturated heterocycles. The molecule has 0 unspecified atom stereocenters. The van der Waals surface area contributed by atoms with Crippen molar-refractivity contribution in [2.75, 3.05) is 36.5 Å². The lowest BCUT2D eigenvalue weighted by Crippen LogP contribution is -2.41. The Balaban J connectivity index is 1.54. The predicted molar refractivity (Wildman–Crippen MR) is 118 cm³/mol. The molecule has 166 valence electrons. The van der Waals surface area contributed by atoms with Gasteiger partial charge in [0.2, 0.25) is 5.95 Å². The van der Waals surface area contributed by atoms with Gasteiger partial charge < -0.3 is 14.4 Å². The standard InChI is InChI=1S/C22H24N6O4/c1-3-31-22(30)25-16-6-4-15(5-7-16)19-13-28(10-11-32-19)21-26-18(12-20(29)27(21)2)17-8-9-23-14-24-17/h4-9,12,14,19H,3,10-11,13H2,1-2H3,(H,25,30)/t19-/m1/s1. The lowest BCUT2D eigenvalue weighted by Gasteiger charge is -2.34. The number of nitrogens with zero attached hydrogens (tertiary/aromatic N) is 5. The quantitative estimate of drug-likeness (QED) is 0.649. The number of hydrogen-bond acceptors (Lipinski definition) is 8. The van der Waals surface area contributed by atoms with Crippen molar-refractivity contribution in [2.45, 2.75) is 13.0 Å². The molecule has 2 aromatic heterocycles. The number of carbonyl (C=O) groups is 1. The number of anilines is 2. The van der Waals surface area contributed by atoms with Crippen LogP contribution in [0.2, 0.25) is 0 Å². The molecule has 1 aliphatic heterocycles. The molecular formula is C22H24N6O4. The van der Waals surface area contributed by atoms with E-state index >= 15 is 0 Å². The minimum absolute atomic E-state index is 0.166. The normalized spacial score (nSPS) is 15.9. The Labute approximate surface area is 184 Å². The Morgan fingerprint density at radius 1 is 1.25 bits per heavy atom. The van der Waals surface area contributed by atoms with Gasteiger partial charge in [0, 0.05) is 31.5 Å². The van der Waals surface area contributed by atoms with Gasteiger partial charge in [0.15, 0.2) is 0 Å². The van der Waals surface area contributed by atoms with Gasteiger partial charge in [0.1, 0.15) is 12.4 Å². The fraction of sp³-hybridized carbons (Fsp3) is 0.318. The summed E-state index contributed by atoms with van der Waals surface area (Å²) in [4.78, 5) is 39.0. The van der Waals surface area contributed by atoms with Crippen LogP contribution in [-0.2, 0) is 16.5 Å². The SMILES string of the molecule is CCOC(=O)Nc1ccc([C@H]2CN(c3nc(-c4ccncn4)cc(=O)n3C)CCO2)cc1. The van der Waals surface area contributed by atoms with Crippen LogP contribution in [0.1, 0.15) is 18.6 Å². The Hall–Kier alpha value is -3.79. The molecule has 32 heavy (non-hydrogen) atoms. The molecule has 0 spiro atoms. The topological polar surface area (TPSA) is 111 Å². The van der Waals surface area contributed by atoms with E-state index in [1.807, 2.05) is 17.0 Å². The summed E-state index contributed by atoms with van der Waals surface area (Å²) in [6.45, 7) is 3.68. The van der Waals surface area contributed by atoms with Gasteiger partial charge in [-0.05, 0) is 30.7 Å². The number of hydrogen-bond donors (Lipinski definition) is 1. The molecule has 3 aromatic rings. The van der Waals surface area contributed by atoms with Crippen LogP contribution in [0.15, 0.2) is 53.7 Å². The molecule has 10 nitrogen and oxygen atoms in total. The van der Waals surface area contributed by atoms with E-state index in [4.69, 9.17) is 14.5 Å². The number of nitrogens with one attached hydrogen (secondary N) is 1. The van der Waals surface area contributed by atoms with Crippen LogP contribution in [-0.4, -0.2) is 51.9 Å². The monoisotopic (exact) mass is 436 g/mol. The molecule has 4 rings (SSSR count). The molecule has 0 radical (unpaired) electrons. The van der Waals surface area contributed by atoms with Crippen LogP contribution in [0, 0.1) is 0 Å². The third-order valence-electron chi connectivity index (χ3n) is 5.11. The Kier molecular flexibility index (Phi) is 6.41. The van der Waals surface area contributed by atoms with Crippen LogP contribution >= 0.6 is 0 Å². The van der Waals surface area contributed by atoms with E-state index in [0.717, 1.165) is 5.56 Å². The molecule has 1 aliphatic rings. The summed E-state index contributed by atoms with van der Waals surface area (Å²) < 4.78 is 12.4. The smallest absolute Gasteiger partial charge is 0.411 e. The van der Waals surface area contributed by atoms with Crippen molar-refractivity contribution in [1.82, 2.24) is 19.5 Å². The first-order valence-electron chi connectivity index (χ1n) is 10.3. The molecule has 1 N–H and O–H groups in total. The maximum atomic E-state index is 12.6. The van der Waals surface area contributed by atoms with Crippen molar-refractivity contribution in [3.8, 4) is 11.4 Å². The predicted octanol–water partition coefficient (Wildman–Crippen LogP) is 2.38. The lowest BCUT2D eigenvalue weighted by atomic mass is 10.1. The van der Waals surface area contributed by atoms with E-state index in [9.17, 15) is 9.59 Å². The van der Waals surface area contributed by atoms with Gasteiger partial charge in [-0.25, -0.2) is 19.7 Å². The molecule has 1 aromatic carbocycles. The molecule has 3 heterocycles. The summed E-state index contributed by atoms with van der Waals surface area (Å²) in [6, 6.07) is 10.6.